The standard InChI is InChI=1S/C17H26N2OS/c1-5-13-7-8-14(11(13)3)19-16(18-12(4)17(19)20)15-9-6-10(2)21-15/h6,9,11-14,16,18H,5,7-8H2,1-4H3. The Morgan fingerprint density at radius 2 is 2.10 bits per heavy atom. The Bertz CT molecular complexity index is 527. The van der Waals surface area contributed by atoms with Gasteiger partial charge in [-0.25, -0.2) is 0 Å². The van der Waals surface area contributed by atoms with Crippen molar-refractivity contribution in [2.75, 3.05) is 0 Å². The van der Waals surface area contributed by atoms with Crippen LogP contribution in [-0.4, -0.2) is 22.9 Å². The van der Waals surface area contributed by atoms with E-state index in [9.17, 15) is 4.79 Å². The fourth-order valence-electron chi connectivity index (χ4n) is 4.11. The third-order valence-corrected chi connectivity index (χ3v) is 6.46. The van der Waals surface area contributed by atoms with Crippen molar-refractivity contribution in [1.82, 2.24) is 10.2 Å². The zero-order chi connectivity index (χ0) is 15.1. The molecule has 0 radical (unpaired) electrons. The molecular formula is C17H26N2OS. The number of thiophene rings is 1. The molecule has 4 heteroatoms. The monoisotopic (exact) mass is 306 g/mol. The van der Waals surface area contributed by atoms with Crippen molar-refractivity contribution in [3.05, 3.63) is 21.9 Å². The van der Waals surface area contributed by atoms with Crippen LogP contribution in [0, 0.1) is 18.8 Å². The maximum Gasteiger partial charge on any atom is 0.241 e. The number of aryl methyl sites for hydroxylation is 1. The van der Waals surface area contributed by atoms with Crippen LogP contribution < -0.4 is 5.32 Å². The second-order valence-electron chi connectivity index (χ2n) is 6.66. The predicted molar refractivity (Wildman–Crippen MR) is 87.2 cm³/mol. The highest BCUT2D eigenvalue weighted by molar-refractivity contribution is 7.12. The van der Waals surface area contributed by atoms with Gasteiger partial charge in [0.2, 0.25) is 5.91 Å². The molecule has 21 heavy (non-hydrogen) atoms. The number of hydrogen-bond acceptors (Lipinski definition) is 3. The molecule has 5 atom stereocenters. The fourth-order valence-corrected chi connectivity index (χ4v) is 5.04. The van der Waals surface area contributed by atoms with Gasteiger partial charge in [-0.3, -0.25) is 10.1 Å². The van der Waals surface area contributed by atoms with Gasteiger partial charge in [0, 0.05) is 15.8 Å². The highest BCUT2D eigenvalue weighted by Crippen LogP contribution is 2.42. The summed E-state index contributed by atoms with van der Waals surface area (Å²) in [5.74, 6) is 1.65. The normalized spacial score (nSPS) is 36.7. The lowest BCUT2D eigenvalue weighted by Crippen LogP contribution is -2.42. The highest BCUT2D eigenvalue weighted by Gasteiger charge is 2.46. The van der Waals surface area contributed by atoms with Crippen molar-refractivity contribution in [3.63, 3.8) is 0 Å². The number of hydrogen-bond donors (Lipinski definition) is 1. The molecule has 3 nitrogen and oxygen atoms in total. The van der Waals surface area contributed by atoms with Gasteiger partial charge in [-0.1, -0.05) is 20.3 Å². The molecule has 2 aliphatic rings. The van der Waals surface area contributed by atoms with Gasteiger partial charge < -0.3 is 4.90 Å². The number of nitrogens with one attached hydrogen (secondary N) is 1. The van der Waals surface area contributed by atoms with E-state index in [1.807, 2.05) is 6.92 Å². The molecule has 1 amide bonds. The second kappa shape index (κ2) is 5.73. The quantitative estimate of drug-likeness (QED) is 0.923. The van der Waals surface area contributed by atoms with Gasteiger partial charge in [0.1, 0.15) is 6.17 Å². The minimum atomic E-state index is -0.0646. The maximum atomic E-state index is 12.7. The van der Waals surface area contributed by atoms with E-state index in [0.29, 0.717) is 12.0 Å². The van der Waals surface area contributed by atoms with Gasteiger partial charge in [0.15, 0.2) is 0 Å². The fraction of sp³-hybridized carbons (Fsp3) is 0.706. The van der Waals surface area contributed by atoms with Crippen LogP contribution in [0.15, 0.2) is 12.1 Å². The minimum Gasteiger partial charge on any atom is -0.317 e. The van der Waals surface area contributed by atoms with Crippen LogP contribution in [0.3, 0.4) is 0 Å². The largest absolute Gasteiger partial charge is 0.317 e. The molecule has 2 fully saturated rings. The lowest BCUT2D eigenvalue weighted by atomic mass is 9.92. The van der Waals surface area contributed by atoms with Gasteiger partial charge >= 0.3 is 0 Å². The molecule has 116 valence electrons. The zero-order valence-corrected chi connectivity index (χ0v) is 14.2. The second-order valence-corrected chi connectivity index (χ2v) is 7.98. The summed E-state index contributed by atoms with van der Waals surface area (Å²) in [6.07, 6.45) is 3.72. The van der Waals surface area contributed by atoms with E-state index < -0.39 is 0 Å². The van der Waals surface area contributed by atoms with Crippen molar-refractivity contribution in [2.45, 2.75) is 65.2 Å². The Hall–Kier alpha value is -0.870. The summed E-state index contributed by atoms with van der Waals surface area (Å²) < 4.78 is 0. The molecule has 1 aliphatic carbocycles. The SMILES string of the molecule is CCC1CCC(N2C(=O)C(C)NC2c2ccc(C)s2)C1C. The molecular weight excluding hydrogens is 280 g/mol. The summed E-state index contributed by atoms with van der Waals surface area (Å²) in [5, 5.41) is 3.50. The molecule has 2 heterocycles. The Morgan fingerprint density at radius 1 is 1.33 bits per heavy atom. The van der Waals surface area contributed by atoms with Crippen LogP contribution in [0.5, 0.6) is 0 Å². The molecule has 1 aliphatic heterocycles. The number of amides is 1. The van der Waals surface area contributed by atoms with E-state index in [1.165, 1.54) is 22.6 Å². The molecule has 0 spiro atoms. The van der Waals surface area contributed by atoms with Crippen molar-refractivity contribution in [1.29, 1.82) is 0 Å². The molecule has 1 aromatic heterocycles. The highest BCUT2D eigenvalue weighted by atomic mass is 32.1. The first-order valence-corrected chi connectivity index (χ1v) is 8.99. The van der Waals surface area contributed by atoms with E-state index in [2.05, 4.69) is 43.1 Å². The third kappa shape index (κ3) is 2.53. The Kier molecular flexibility index (Phi) is 4.10. The molecule has 1 saturated heterocycles. The van der Waals surface area contributed by atoms with Crippen molar-refractivity contribution in [2.24, 2.45) is 11.8 Å². The molecule has 1 N–H and O–H groups in total. The molecule has 0 bridgehead atoms. The summed E-state index contributed by atoms with van der Waals surface area (Å²) in [7, 11) is 0. The Morgan fingerprint density at radius 3 is 2.67 bits per heavy atom. The molecule has 5 unspecified atom stereocenters. The summed E-state index contributed by atoms with van der Waals surface area (Å²) in [6, 6.07) is 4.66. The van der Waals surface area contributed by atoms with Crippen molar-refractivity contribution in [3.8, 4) is 0 Å². The molecule has 0 aromatic carbocycles. The van der Waals surface area contributed by atoms with Gasteiger partial charge in [0.25, 0.3) is 0 Å². The van der Waals surface area contributed by atoms with Crippen LogP contribution in [0.25, 0.3) is 0 Å². The predicted octanol–water partition coefficient (Wildman–Crippen LogP) is 3.70. The number of carbonyl (C=O) groups excluding carboxylic acids is 1. The van der Waals surface area contributed by atoms with Crippen molar-refractivity contribution >= 4 is 17.2 Å². The van der Waals surface area contributed by atoms with Crippen LogP contribution in [0.1, 0.15) is 56.0 Å². The van der Waals surface area contributed by atoms with E-state index in [0.717, 1.165) is 12.3 Å². The summed E-state index contributed by atoms with van der Waals surface area (Å²) in [4.78, 5) is 17.4. The van der Waals surface area contributed by atoms with Crippen LogP contribution in [0.2, 0.25) is 0 Å². The van der Waals surface area contributed by atoms with Gasteiger partial charge in [-0.05, 0) is 50.7 Å². The van der Waals surface area contributed by atoms with Crippen LogP contribution in [0.4, 0.5) is 0 Å². The lowest BCUT2D eigenvalue weighted by Gasteiger charge is -2.33. The Labute approximate surface area is 131 Å². The van der Waals surface area contributed by atoms with E-state index in [1.54, 1.807) is 11.3 Å². The summed E-state index contributed by atoms with van der Waals surface area (Å²) in [6.45, 7) is 8.73. The van der Waals surface area contributed by atoms with Gasteiger partial charge in [0.05, 0.1) is 6.04 Å². The topological polar surface area (TPSA) is 32.3 Å². The van der Waals surface area contributed by atoms with Crippen molar-refractivity contribution < 1.29 is 4.79 Å². The first-order valence-electron chi connectivity index (χ1n) is 8.17. The van der Waals surface area contributed by atoms with Gasteiger partial charge in [-0.15, -0.1) is 11.3 Å². The van der Waals surface area contributed by atoms with Crippen LogP contribution >= 0.6 is 11.3 Å². The summed E-state index contributed by atoms with van der Waals surface area (Å²) in [5.41, 5.74) is 0. The Balaban J connectivity index is 1.88. The van der Waals surface area contributed by atoms with E-state index in [4.69, 9.17) is 0 Å². The summed E-state index contributed by atoms with van der Waals surface area (Å²) >= 11 is 1.80. The number of nitrogens with zero attached hydrogens (tertiary/aromatic N) is 1. The van der Waals surface area contributed by atoms with E-state index >= 15 is 0 Å². The zero-order valence-electron chi connectivity index (χ0n) is 13.4. The average Bonchev–Trinajstić information content (AvgIpc) is 3.11. The number of carbonyl (C=O) groups is 1. The van der Waals surface area contributed by atoms with E-state index in [-0.39, 0.29) is 18.1 Å². The number of rotatable bonds is 3. The third-order valence-electron chi connectivity index (χ3n) is 5.41. The molecule has 1 aromatic rings. The van der Waals surface area contributed by atoms with Crippen LogP contribution in [-0.2, 0) is 4.79 Å². The lowest BCUT2D eigenvalue weighted by molar-refractivity contribution is -0.132. The first kappa shape index (κ1) is 15.0. The molecule has 1 saturated carbocycles. The molecule has 3 rings (SSSR count). The van der Waals surface area contributed by atoms with Gasteiger partial charge in [-0.2, -0.15) is 0 Å². The first-order chi connectivity index (χ1) is 10.0. The smallest absolute Gasteiger partial charge is 0.241 e. The minimum absolute atomic E-state index is 0.0646. The maximum absolute atomic E-state index is 12.7. The average molecular weight is 306 g/mol.